The van der Waals surface area contributed by atoms with Crippen LogP contribution in [-0.4, -0.2) is 43.4 Å². The first kappa shape index (κ1) is 16.2. The summed E-state index contributed by atoms with van der Waals surface area (Å²) in [6.45, 7) is 5.97. The Morgan fingerprint density at radius 3 is 2.90 bits per heavy atom. The van der Waals surface area contributed by atoms with E-state index in [0.29, 0.717) is 18.9 Å². The van der Waals surface area contributed by atoms with Crippen LogP contribution >= 0.6 is 0 Å². The number of nitrogens with zero attached hydrogens (tertiary/aromatic N) is 2. The van der Waals surface area contributed by atoms with Crippen molar-refractivity contribution in [1.29, 1.82) is 0 Å². The first-order valence-corrected chi connectivity index (χ1v) is 8.91. The van der Waals surface area contributed by atoms with E-state index in [1.807, 2.05) is 19.9 Å². The molecule has 0 bridgehead atoms. The average Bonchev–Trinajstić information content (AvgIpc) is 2.45. The molecule has 0 aliphatic carbocycles. The van der Waals surface area contributed by atoms with Gasteiger partial charge < -0.3 is 5.32 Å². The Kier molecular flexibility index (Phi) is 5.55. The van der Waals surface area contributed by atoms with Crippen LogP contribution in [0.15, 0.2) is 18.2 Å². The highest BCUT2D eigenvalue weighted by molar-refractivity contribution is 7.90. The van der Waals surface area contributed by atoms with Gasteiger partial charge in [0.2, 0.25) is 0 Å². The van der Waals surface area contributed by atoms with E-state index >= 15 is 0 Å². The maximum atomic E-state index is 12.6. The molecular formula is C14H24N4O2S. The SMILES string of the molecule is CCNCC1CCCCN1S(=O)(=O)Nc1cccc(C)n1. The van der Waals surface area contributed by atoms with Crippen molar-refractivity contribution in [2.75, 3.05) is 24.4 Å². The minimum Gasteiger partial charge on any atom is -0.315 e. The Hall–Kier alpha value is -1.18. The molecule has 0 radical (unpaired) electrons. The van der Waals surface area contributed by atoms with Crippen LogP contribution in [0, 0.1) is 6.92 Å². The lowest BCUT2D eigenvalue weighted by Crippen LogP contribution is -2.50. The predicted molar refractivity (Wildman–Crippen MR) is 84.4 cm³/mol. The van der Waals surface area contributed by atoms with Crippen LogP contribution in [0.3, 0.4) is 0 Å². The maximum Gasteiger partial charge on any atom is 0.303 e. The fourth-order valence-corrected chi connectivity index (χ4v) is 4.03. The molecule has 7 heteroatoms. The van der Waals surface area contributed by atoms with E-state index in [4.69, 9.17) is 0 Å². The Labute approximate surface area is 127 Å². The number of likely N-dealkylation sites (N-methyl/N-ethyl adjacent to an activating group) is 1. The fraction of sp³-hybridized carbons (Fsp3) is 0.643. The third kappa shape index (κ3) is 4.39. The Bertz CT molecular complexity index is 562. The summed E-state index contributed by atoms with van der Waals surface area (Å²) >= 11 is 0. The molecule has 2 heterocycles. The summed E-state index contributed by atoms with van der Waals surface area (Å²) in [5.41, 5.74) is 0.790. The van der Waals surface area contributed by atoms with Gasteiger partial charge in [0, 0.05) is 24.8 Å². The molecule has 0 spiro atoms. The summed E-state index contributed by atoms with van der Waals surface area (Å²) in [6, 6.07) is 5.33. The third-order valence-corrected chi connectivity index (χ3v) is 5.20. The topological polar surface area (TPSA) is 74.3 Å². The molecule has 1 unspecified atom stereocenters. The van der Waals surface area contributed by atoms with Gasteiger partial charge in [-0.1, -0.05) is 19.4 Å². The Morgan fingerprint density at radius 2 is 2.19 bits per heavy atom. The molecule has 21 heavy (non-hydrogen) atoms. The lowest BCUT2D eigenvalue weighted by atomic mass is 10.1. The van der Waals surface area contributed by atoms with Crippen LogP contribution in [0.4, 0.5) is 5.82 Å². The van der Waals surface area contributed by atoms with E-state index in [9.17, 15) is 8.42 Å². The summed E-state index contributed by atoms with van der Waals surface area (Å²) in [5.74, 6) is 0.378. The molecule has 2 rings (SSSR count). The van der Waals surface area contributed by atoms with Gasteiger partial charge in [-0.25, -0.2) is 4.98 Å². The van der Waals surface area contributed by atoms with E-state index in [1.165, 1.54) is 0 Å². The highest BCUT2D eigenvalue weighted by atomic mass is 32.2. The molecular weight excluding hydrogens is 288 g/mol. The van der Waals surface area contributed by atoms with Crippen molar-refractivity contribution in [2.24, 2.45) is 0 Å². The summed E-state index contributed by atoms with van der Waals surface area (Å²) in [7, 11) is -3.55. The van der Waals surface area contributed by atoms with Gasteiger partial charge >= 0.3 is 10.2 Å². The number of hydrogen-bond donors (Lipinski definition) is 2. The van der Waals surface area contributed by atoms with Crippen molar-refractivity contribution >= 4 is 16.0 Å². The zero-order valence-corrected chi connectivity index (χ0v) is 13.5. The molecule has 1 aromatic rings. The minimum absolute atomic E-state index is 0.0148. The Morgan fingerprint density at radius 1 is 1.38 bits per heavy atom. The number of aryl methyl sites for hydroxylation is 1. The monoisotopic (exact) mass is 312 g/mol. The van der Waals surface area contributed by atoms with E-state index in [2.05, 4.69) is 15.0 Å². The van der Waals surface area contributed by atoms with Crippen LogP contribution in [0.5, 0.6) is 0 Å². The van der Waals surface area contributed by atoms with Gasteiger partial charge in [-0.3, -0.25) is 4.72 Å². The van der Waals surface area contributed by atoms with E-state index in [1.54, 1.807) is 16.4 Å². The van der Waals surface area contributed by atoms with Gasteiger partial charge in [0.25, 0.3) is 0 Å². The molecule has 1 atom stereocenters. The number of rotatable bonds is 6. The van der Waals surface area contributed by atoms with E-state index < -0.39 is 10.2 Å². The van der Waals surface area contributed by atoms with Crippen LogP contribution in [-0.2, 0) is 10.2 Å². The zero-order valence-electron chi connectivity index (χ0n) is 12.7. The van der Waals surface area contributed by atoms with Crippen LogP contribution < -0.4 is 10.0 Å². The molecule has 1 saturated heterocycles. The number of piperidine rings is 1. The van der Waals surface area contributed by atoms with Crippen molar-refractivity contribution in [2.45, 2.75) is 39.2 Å². The van der Waals surface area contributed by atoms with Crippen LogP contribution in [0.2, 0.25) is 0 Å². The van der Waals surface area contributed by atoms with Crippen molar-refractivity contribution in [1.82, 2.24) is 14.6 Å². The highest BCUT2D eigenvalue weighted by Crippen LogP contribution is 2.21. The van der Waals surface area contributed by atoms with Crippen LogP contribution in [0.1, 0.15) is 31.9 Å². The lowest BCUT2D eigenvalue weighted by Gasteiger charge is -2.34. The number of anilines is 1. The molecule has 1 aliphatic heterocycles. The second-order valence-electron chi connectivity index (χ2n) is 5.34. The first-order valence-electron chi connectivity index (χ1n) is 7.47. The second-order valence-corrected chi connectivity index (χ2v) is 6.96. The summed E-state index contributed by atoms with van der Waals surface area (Å²) < 4.78 is 29.3. The summed E-state index contributed by atoms with van der Waals surface area (Å²) in [5, 5.41) is 3.24. The molecule has 1 aliphatic rings. The summed E-state index contributed by atoms with van der Waals surface area (Å²) in [6.07, 6.45) is 2.88. The fourth-order valence-electron chi connectivity index (χ4n) is 2.60. The zero-order chi connectivity index (χ0) is 15.3. The first-order chi connectivity index (χ1) is 10.0. The smallest absolute Gasteiger partial charge is 0.303 e. The average molecular weight is 312 g/mol. The van der Waals surface area contributed by atoms with Crippen molar-refractivity contribution in [3.8, 4) is 0 Å². The number of aromatic nitrogens is 1. The largest absolute Gasteiger partial charge is 0.315 e. The highest BCUT2D eigenvalue weighted by Gasteiger charge is 2.32. The van der Waals surface area contributed by atoms with Crippen molar-refractivity contribution < 1.29 is 8.42 Å². The van der Waals surface area contributed by atoms with Gasteiger partial charge in [-0.2, -0.15) is 12.7 Å². The van der Waals surface area contributed by atoms with Gasteiger partial charge in [0.1, 0.15) is 5.82 Å². The maximum absolute atomic E-state index is 12.6. The molecule has 0 aromatic carbocycles. The van der Waals surface area contributed by atoms with Crippen molar-refractivity contribution in [3.05, 3.63) is 23.9 Å². The standard InChI is InChI=1S/C14H24N4O2S/c1-3-15-11-13-8-4-5-10-18(13)21(19,20)17-14-9-6-7-12(2)16-14/h6-7,9,13,15H,3-5,8,10-11H2,1-2H3,(H,16,17). The second kappa shape index (κ2) is 7.20. The van der Waals surface area contributed by atoms with Gasteiger partial charge in [0.05, 0.1) is 0 Å². The third-order valence-electron chi connectivity index (χ3n) is 3.63. The molecule has 6 nitrogen and oxygen atoms in total. The van der Waals surface area contributed by atoms with Gasteiger partial charge in [-0.05, 0) is 38.4 Å². The quantitative estimate of drug-likeness (QED) is 0.835. The molecule has 1 aromatic heterocycles. The number of nitrogens with one attached hydrogen (secondary N) is 2. The predicted octanol–water partition coefficient (Wildman–Crippen LogP) is 1.51. The van der Waals surface area contributed by atoms with Crippen LogP contribution in [0.25, 0.3) is 0 Å². The van der Waals surface area contributed by atoms with Gasteiger partial charge in [0.15, 0.2) is 0 Å². The van der Waals surface area contributed by atoms with E-state index in [0.717, 1.165) is 31.5 Å². The molecule has 0 amide bonds. The van der Waals surface area contributed by atoms with Crippen molar-refractivity contribution in [3.63, 3.8) is 0 Å². The van der Waals surface area contributed by atoms with E-state index in [-0.39, 0.29) is 6.04 Å². The normalized spacial score (nSPS) is 20.4. The summed E-state index contributed by atoms with van der Waals surface area (Å²) in [4.78, 5) is 4.21. The lowest BCUT2D eigenvalue weighted by molar-refractivity contribution is 0.248. The minimum atomic E-state index is -3.55. The molecule has 0 saturated carbocycles. The number of hydrogen-bond acceptors (Lipinski definition) is 4. The Balaban J connectivity index is 2.12. The molecule has 118 valence electrons. The number of pyridine rings is 1. The molecule has 2 N–H and O–H groups in total. The van der Waals surface area contributed by atoms with Gasteiger partial charge in [-0.15, -0.1) is 0 Å². The molecule has 1 fully saturated rings.